The summed E-state index contributed by atoms with van der Waals surface area (Å²) < 4.78 is 75.0. The number of halogens is 1. The predicted molar refractivity (Wildman–Crippen MR) is 192 cm³/mol. The van der Waals surface area contributed by atoms with E-state index in [4.69, 9.17) is 19.9 Å². The number of rotatable bonds is 15. The molecule has 0 radical (unpaired) electrons. The van der Waals surface area contributed by atoms with Crippen molar-refractivity contribution in [1.82, 2.24) is 24.5 Å². The first-order chi connectivity index (χ1) is 23.5. The van der Waals surface area contributed by atoms with Crippen LogP contribution in [-0.2, 0) is 39.5 Å². The maximum atomic E-state index is 15.0. The smallest absolute Gasteiger partial charge is 0.245 e. The van der Waals surface area contributed by atoms with Crippen LogP contribution < -0.4 is 19.9 Å². The Kier molecular flexibility index (Phi) is 11.5. The molecule has 5 aromatic rings. The zero-order valence-corrected chi connectivity index (χ0v) is 30.8. The van der Waals surface area contributed by atoms with Crippen LogP contribution in [0, 0.1) is 3.57 Å². The zero-order chi connectivity index (χ0) is 35.2. The van der Waals surface area contributed by atoms with Crippen molar-refractivity contribution >= 4 is 42.5 Å². The van der Waals surface area contributed by atoms with Gasteiger partial charge in [0.2, 0.25) is 15.8 Å². The first kappa shape index (κ1) is 36.2. The number of nitrogens with two attached hydrogens (primary N) is 1. The first-order valence-electron chi connectivity index (χ1n) is 14.9. The van der Waals surface area contributed by atoms with Crippen LogP contribution in [0.25, 0.3) is 11.4 Å². The highest BCUT2D eigenvalue weighted by atomic mass is 127. The number of sulfonamides is 1. The van der Waals surface area contributed by atoms with Gasteiger partial charge in [-0.25, -0.2) is 16.8 Å². The van der Waals surface area contributed by atoms with E-state index < -0.39 is 35.4 Å². The van der Waals surface area contributed by atoms with Gasteiger partial charge in [-0.1, -0.05) is 36.4 Å². The van der Waals surface area contributed by atoms with Gasteiger partial charge in [-0.2, -0.15) is 9.10 Å². The Hall–Kier alpha value is -4.10. The Morgan fingerprint density at radius 1 is 0.735 bits per heavy atom. The second-order valence-electron chi connectivity index (χ2n) is 10.8. The molecule has 0 saturated carbocycles. The van der Waals surface area contributed by atoms with Crippen LogP contribution in [0.4, 0.5) is 0 Å². The molecule has 0 spiro atoms. The van der Waals surface area contributed by atoms with Crippen LogP contribution in [-0.4, -0.2) is 75.0 Å². The summed E-state index contributed by atoms with van der Waals surface area (Å²) in [6.07, 6.45) is 0. The molecule has 13 nitrogen and oxygen atoms in total. The van der Waals surface area contributed by atoms with E-state index in [-0.39, 0.29) is 37.6 Å². The highest BCUT2D eigenvalue weighted by Gasteiger charge is 2.37. The molecule has 1 aromatic heterocycles. The van der Waals surface area contributed by atoms with E-state index in [2.05, 4.69) is 15.4 Å². The lowest BCUT2D eigenvalue weighted by Gasteiger charge is -2.25. The summed E-state index contributed by atoms with van der Waals surface area (Å²) in [4.78, 5) is 0.477. The van der Waals surface area contributed by atoms with Crippen molar-refractivity contribution in [1.29, 1.82) is 0 Å². The third kappa shape index (κ3) is 8.38. The summed E-state index contributed by atoms with van der Waals surface area (Å²) in [5, 5.41) is 12.9. The maximum absolute atomic E-state index is 15.0. The fourth-order valence-corrected chi connectivity index (χ4v) is 9.48. The fraction of sp³-hybridized carbons (Fsp3) is 0.242. The van der Waals surface area contributed by atoms with Gasteiger partial charge in [-0.05, 0) is 93.0 Å². The van der Waals surface area contributed by atoms with E-state index in [1.54, 1.807) is 82.0 Å². The topological polar surface area (TPSA) is 169 Å². The van der Waals surface area contributed by atoms with Gasteiger partial charge in [0.1, 0.15) is 22.1 Å². The van der Waals surface area contributed by atoms with Gasteiger partial charge in [0, 0.05) is 23.2 Å². The lowest BCUT2D eigenvalue weighted by Crippen LogP contribution is -2.32. The van der Waals surface area contributed by atoms with E-state index in [9.17, 15) is 8.42 Å². The Morgan fingerprint density at radius 2 is 1.22 bits per heavy atom. The SMILES string of the molecule is COc1ccc(CN(Cc2ccc(OC)cc2)S(=O)(=O)c2c(S(=O)(=O)CCN)ccc(I)c2-c2nnn(Cc3ccc(OC)cc3)n2)cc1. The number of sulfone groups is 1. The Bertz CT molecular complexity index is 2060. The van der Waals surface area contributed by atoms with Gasteiger partial charge in [0.25, 0.3) is 0 Å². The first-order valence-corrected chi connectivity index (χ1v) is 19.1. The van der Waals surface area contributed by atoms with Crippen molar-refractivity contribution in [3.05, 3.63) is 105 Å². The quantitative estimate of drug-likeness (QED) is 0.151. The molecule has 0 amide bonds. The highest BCUT2D eigenvalue weighted by Crippen LogP contribution is 2.38. The van der Waals surface area contributed by atoms with Crippen molar-refractivity contribution in [3.8, 4) is 28.6 Å². The molecule has 0 aliphatic carbocycles. The van der Waals surface area contributed by atoms with Crippen LogP contribution in [0.15, 0.2) is 94.7 Å². The van der Waals surface area contributed by atoms with Crippen molar-refractivity contribution in [3.63, 3.8) is 0 Å². The van der Waals surface area contributed by atoms with Gasteiger partial charge in [0.15, 0.2) is 9.84 Å². The number of hydrogen-bond acceptors (Lipinski definition) is 11. The van der Waals surface area contributed by atoms with Gasteiger partial charge in [-0.15, -0.1) is 10.2 Å². The van der Waals surface area contributed by atoms with Crippen LogP contribution in [0.2, 0.25) is 0 Å². The number of hydrogen-bond donors (Lipinski definition) is 1. The maximum Gasteiger partial charge on any atom is 0.245 e. The minimum absolute atomic E-state index is 0.0224. The molecule has 0 saturated heterocycles. The molecular weight excluding hydrogens is 783 g/mol. The average Bonchev–Trinajstić information content (AvgIpc) is 3.56. The Labute approximate surface area is 299 Å². The molecule has 5 rings (SSSR count). The summed E-state index contributed by atoms with van der Waals surface area (Å²) in [5.74, 6) is 1.38. The molecule has 0 aliphatic heterocycles. The molecule has 0 atom stereocenters. The van der Waals surface area contributed by atoms with Crippen LogP contribution >= 0.6 is 22.6 Å². The van der Waals surface area contributed by atoms with Crippen molar-refractivity contribution in [2.75, 3.05) is 33.6 Å². The zero-order valence-electron chi connectivity index (χ0n) is 27.0. The second-order valence-corrected chi connectivity index (χ2v) is 15.9. The summed E-state index contributed by atoms with van der Waals surface area (Å²) in [6.45, 7) is -0.156. The summed E-state index contributed by atoms with van der Waals surface area (Å²) in [5.41, 5.74) is 7.86. The van der Waals surface area contributed by atoms with Crippen molar-refractivity contribution in [2.24, 2.45) is 5.73 Å². The van der Waals surface area contributed by atoms with E-state index >= 15 is 8.42 Å². The largest absolute Gasteiger partial charge is 0.497 e. The molecular formula is C33H35IN6O7S2. The van der Waals surface area contributed by atoms with Gasteiger partial charge >= 0.3 is 0 Å². The number of tetrazole rings is 1. The van der Waals surface area contributed by atoms with E-state index in [0.29, 0.717) is 31.9 Å². The van der Waals surface area contributed by atoms with Crippen molar-refractivity contribution in [2.45, 2.75) is 29.4 Å². The Morgan fingerprint density at radius 3 is 1.69 bits per heavy atom. The molecule has 16 heteroatoms. The molecule has 2 N–H and O–H groups in total. The van der Waals surface area contributed by atoms with Gasteiger partial charge in [-0.3, -0.25) is 0 Å². The van der Waals surface area contributed by atoms with Crippen LogP contribution in [0.5, 0.6) is 17.2 Å². The Balaban J connectivity index is 1.67. The average molecular weight is 819 g/mol. The molecule has 0 unspecified atom stereocenters. The monoisotopic (exact) mass is 818 g/mol. The molecule has 0 aliphatic rings. The summed E-state index contributed by atoms with van der Waals surface area (Å²) in [6, 6.07) is 24.0. The molecule has 1 heterocycles. The lowest BCUT2D eigenvalue weighted by atomic mass is 10.2. The van der Waals surface area contributed by atoms with E-state index in [1.807, 2.05) is 34.7 Å². The second kappa shape index (κ2) is 15.6. The highest BCUT2D eigenvalue weighted by molar-refractivity contribution is 14.1. The molecule has 0 fully saturated rings. The van der Waals surface area contributed by atoms with Gasteiger partial charge < -0.3 is 19.9 Å². The number of methoxy groups -OCH3 is 3. The molecule has 4 aromatic carbocycles. The van der Waals surface area contributed by atoms with E-state index in [0.717, 1.165) is 5.56 Å². The molecule has 49 heavy (non-hydrogen) atoms. The fourth-order valence-electron chi connectivity index (χ4n) is 5.04. The van der Waals surface area contributed by atoms with Crippen LogP contribution in [0.1, 0.15) is 16.7 Å². The van der Waals surface area contributed by atoms with Crippen molar-refractivity contribution < 1.29 is 31.0 Å². The minimum atomic E-state index is -4.60. The lowest BCUT2D eigenvalue weighted by molar-refractivity contribution is 0.396. The number of ether oxygens (including phenoxy) is 3. The summed E-state index contributed by atoms with van der Waals surface area (Å²) in [7, 11) is -4.13. The predicted octanol–water partition coefficient (Wildman–Crippen LogP) is 4.14. The van der Waals surface area contributed by atoms with Crippen LogP contribution in [0.3, 0.4) is 0 Å². The summed E-state index contributed by atoms with van der Waals surface area (Å²) >= 11 is 1.96. The van der Waals surface area contributed by atoms with Gasteiger partial charge in [0.05, 0.1) is 44.1 Å². The number of benzene rings is 4. The molecule has 258 valence electrons. The number of aromatic nitrogens is 4. The van der Waals surface area contributed by atoms with E-state index in [1.165, 1.54) is 21.2 Å². The number of nitrogens with zero attached hydrogens (tertiary/aromatic N) is 5. The normalized spacial score (nSPS) is 11.9. The minimum Gasteiger partial charge on any atom is -0.497 e. The third-order valence-corrected chi connectivity index (χ3v) is 12.3. The third-order valence-electron chi connectivity index (χ3n) is 7.59. The molecule has 0 bridgehead atoms. The standard InChI is InChI=1S/C33H35IN6O7S2/c1-45-26-10-4-23(5-11-26)20-39(21-24-6-12-27(46-2)13-7-24)49(43,44)32-30(48(41,42)19-18-35)17-16-29(34)31(32)33-36-38-40(37-33)22-25-8-14-28(47-3)15-9-25/h4-17H,18-22,35H2,1-3H3.